The number of rotatable bonds is 1. The summed E-state index contributed by atoms with van der Waals surface area (Å²) in [5, 5.41) is 10.8. The molecule has 0 unspecified atom stereocenters. The molecule has 1 nitrogen and oxygen atoms in total. The van der Waals surface area contributed by atoms with Crippen molar-refractivity contribution in [1.29, 1.82) is 0 Å². The molecule has 1 aliphatic rings. The molecule has 70 valence electrons. The van der Waals surface area contributed by atoms with E-state index in [1.807, 2.05) is 24.3 Å². The van der Waals surface area contributed by atoms with Gasteiger partial charge in [0.1, 0.15) is 0 Å². The molecule has 2 heteroatoms. The van der Waals surface area contributed by atoms with Gasteiger partial charge < -0.3 is 5.11 Å². The number of hydrogen-bond donors (Lipinski definition) is 1. The summed E-state index contributed by atoms with van der Waals surface area (Å²) in [7, 11) is 0. The molecule has 0 aliphatic heterocycles. The van der Waals surface area contributed by atoms with Gasteiger partial charge in [0, 0.05) is 5.02 Å². The number of halogens is 1. The van der Waals surface area contributed by atoms with Crippen LogP contribution in [-0.4, -0.2) is 5.11 Å². The van der Waals surface area contributed by atoms with Gasteiger partial charge in [0.15, 0.2) is 0 Å². The van der Waals surface area contributed by atoms with Crippen LogP contribution in [0.3, 0.4) is 0 Å². The summed E-state index contributed by atoms with van der Waals surface area (Å²) in [5.41, 5.74) is 0.350. The first-order chi connectivity index (χ1) is 6.10. The van der Waals surface area contributed by atoms with Crippen LogP contribution in [0.2, 0.25) is 5.02 Å². The van der Waals surface area contributed by atoms with Crippen molar-refractivity contribution in [1.82, 2.24) is 0 Å². The third-order valence-electron chi connectivity index (χ3n) is 2.73. The lowest BCUT2D eigenvalue weighted by molar-refractivity contribution is -0.0738. The van der Waals surface area contributed by atoms with Gasteiger partial charge in [-0.2, -0.15) is 0 Å². The zero-order chi connectivity index (χ0) is 9.47. The van der Waals surface area contributed by atoms with Crippen molar-refractivity contribution < 1.29 is 5.11 Å². The molecule has 1 aromatic rings. The first-order valence-electron chi connectivity index (χ1n) is 4.58. The fraction of sp³-hybridized carbons (Fsp3) is 0.455. The van der Waals surface area contributed by atoms with E-state index in [1.54, 1.807) is 0 Å². The highest BCUT2D eigenvalue weighted by Gasteiger charge is 2.41. The molecular weight excluding hydrogens is 184 g/mol. The molecule has 1 aliphatic carbocycles. The number of hydrogen-bond acceptors (Lipinski definition) is 1. The molecule has 0 atom stereocenters. The largest absolute Gasteiger partial charge is 0.385 e. The summed E-state index contributed by atoms with van der Waals surface area (Å²) in [6.45, 7) is 2.15. The van der Waals surface area contributed by atoms with E-state index in [0.29, 0.717) is 10.9 Å². The smallest absolute Gasteiger partial charge is 0.0902 e. The minimum atomic E-state index is -0.607. The summed E-state index contributed by atoms with van der Waals surface area (Å²) >= 11 is 5.86. The average Bonchev–Trinajstić information content (AvgIpc) is 2.02. The Balaban J connectivity index is 2.26. The predicted molar refractivity (Wildman–Crippen MR) is 53.7 cm³/mol. The SMILES string of the molecule is CC1CC(O)(c2cccc(Cl)c2)C1. The Morgan fingerprint density at radius 2 is 2.15 bits per heavy atom. The first kappa shape index (κ1) is 9.04. The third kappa shape index (κ3) is 1.59. The van der Waals surface area contributed by atoms with E-state index < -0.39 is 5.60 Å². The molecule has 0 spiro atoms. The normalized spacial score (nSPS) is 32.7. The fourth-order valence-corrected chi connectivity index (χ4v) is 2.30. The van der Waals surface area contributed by atoms with Gasteiger partial charge in [0.05, 0.1) is 5.60 Å². The topological polar surface area (TPSA) is 20.2 Å². The maximum atomic E-state index is 10.1. The van der Waals surface area contributed by atoms with Gasteiger partial charge in [-0.3, -0.25) is 0 Å². The Kier molecular flexibility index (Phi) is 2.09. The second-order valence-corrected chi connectivity index (χ2v) is 4.49. The zero-order valence-corrected chi connectivity index (χ0v) is 8.38. The maximum absolute atomic E-state index is 10.1. The summed E-state index contributed by atoms with van der Waals surface area (Å²) in [6.07, 6.45) is 1.71. The van der Waals surface area contributed by atoms with Crippen molar-refractivity contribution in [3.05, 3.63) is 34.9 Å². The van der Waals surface area contributed by atoms with Crippen LogP contribution in [-0.2, 0) is 5.60 Å². The molecule has 1 saturated carbocycles. The van der Waals surface area contributed by atoms with E-state index in [2.05, 4.69) is 6.92 Å². The van der Waals surface area contributed by atoms with Crippen LogP contribution >= 0.6 is 11.6 Å². The van der Waals surface area contributed by atoms with E-state index in [0.717, 1.165) is 18.4 Å². The summed E-state index contributed by atoms with van der Waals surface area (Å²) < 4.78 is 0. The molecule has 13 heavy (non-hydrogen) atoms. The van der Waals surface area contributed by atoms with E-state index in [1.165, 1.54) is 0 Å². The molecular formula is C11H13ClO. The molecule has 1 aromatic carbocycles. The lowest BCUT2D eigenvalue weighted by Crippen LogP contribution is -2.39. The minimum Gasteiger partial charge on any atom is -0.385 e. The molecule has 1 N–H and O–H groups in total. The highest BCUT2D eigenvalue weighted by molar-refractivity contribution is 6.30. The van der Waals surface area contributed by atoms with Crippen molar-refractivity contribution in [3.8, 4) is 0 Å². The van der Waals surface area contributed by atoms with E-state index in [4.69, 9.17) is 11.6 Å². The molecule has 0 saturated heterocycles. The second-order valence-electron chi connectivity index (χ2n) is 4.06. The third-order valence-corrected chi connectivity index (χ3v) is 2.97. The van der Waals surface area contributed by atoms with Gasteiger partial charge in [-0.15, -0.1) is 0 Å². The monoisotopic (exact) mass is 196 g/mol. The van der Waals surface area contributed by atoms with Crippen LogP contribution in [0.4, 0.5) is 0 Å². The number of aliphatic hydroxyl groups is 1. The molecule has 1 fully saturated rings. The molecule has 2 rings (SSSR count). The second kappa shape index (κ2) is 3.00. The zero-order valence-electron chi connectivity index (χ0n) is 7.63. The fourth-order valence-electron chi connectivity index (χ4n) is 2.11. The Morgan fingerprint density at radius 3 is 2.69 bits per heavy atom. The predicted octanol–water partition coefficient (Wildman–Crippen LogP) is 2.96. The van der Waals surface area contributed by atoms with E-state index in [9.17, 15) is 5.11 Å². The van der Waals surface area contributed by atoms with Crippen LogP contribution in [0.5, 0.6) is 0 Å². The van der Waals surface area contributed by atoms with Crippen LogP contribution in [0.25, 0.3) is 0 Å². The lowest BCUT2D eigenvalue weighted by atomic mass is 9.68. The Bertz CT molecular complexity index is 316. The highest BCUT2D eigenvalue weighted by Crippen LogP contribution is 2.45. The van der Waals surface area contributed by atoms with Crippen molar-refractivity contribution in [2.45, 2.75) is 25.4 Å². The molecule has 0 amide bonds. The highest BCUT2D eigenvalue weighted by atomic mass is 35.5. The van der Waals surface area contributed by atoms with Gasteiger partial charge in [0.2, 0.25) is 0 Å². The number of benzene rings is 1. The summed E-state index contributed by atoms with van der Waals surface area (Å²) in [4.78, 5) is 0. The van der Waals surface area contributed by atoms with E-state index in [-0.39, 0.29) is 0 Å². The Hall–Kier alpha value is -0.530. The molecule has 0 aromatic heterocycles. The van der Waals surface area contributed by atoms with Gasteiger partial charge in [-0.05, 0) is 36.5 Å². The van der Waals surface area contributed by atoms with Crippen molar-refractivity contribution in [2.75, 3.05) is 0 Å². The molecule has 0 bridgehead atoms. The van der Waals surface area contributed by atoms with Crippen LogP contribution < -0.4 is 0 Å². The molecule has 0 heterocycles. The summed E-state index contributed by atoms with van der Waals surface area (Å²) in [5.74, 6) is 0.629. The van der Waals surface area contributed by atoms with Crippen molar-refractivity contribution in [2.24, 2.45) is 5.92 Å². The van der Waals surface area contributed by atoms with Gasteiger partial charge in [-0.25, -0.2) is 0 Å². The standard InChI is InChI=1S/C11H13ClO/c1-8-6-11(13,7-8)9-3-2-4-10(12)5-9/h2-5,8,13H,6-7H2,1H3. The Morgan fingerprint density at radius 1 is 1.46 bits per heavy atom. The quantitative estimate of drug-likeness (QED) is 0.732. The van der Waals surface area contributed by atoms with Crippen LogP contribution in [0, 0.1) is 5.92 Å². The van der Waals surface area contributed by atoms with Gasteiger partial charge >= 0.3 is 0 Å². The van der Waals surface area contributed by atoms with Crippen LogP contribution in [0.1, 0.15) is 25.3 Å². The van der Waals surface area contributed by atoms with Crippen molar-refractivity contribution >= 4 is 11.6 Å². The van der Waals surface area contributed by atoms with Gasteiger partial charge in [-0.1, -0.05) is 30.7 Å². The Labute approximate surface area is 83.3 Å². The van der Waals surface area contributed by atoms with Gasteiger partial charge in [0.25, 0.3) is 0 Å². The molecule has 0 radical (unpaired) electrons. The van der Waals surface area contributed by atoms with Crippen LogP contribution in [0.15, 0.2) is 24.3 Å². The first-order valence-corrected chi connectivity index (χ1v) is 4.96. The maximum Gasteiger partial charge on any atom is 0.0902 e. The lowest BCUT2D eigenvalue weighted by Gasteiger charge is -2.42. The van der Waals surface area contributed by atoms with Crippen molar-refractivity contribution in [3.63, 3.8) is 0 Å². The summed E-state index contributed by atoms with van der Waals surface area (Å²) in [6, 6.07) is 7.51. The van der Waals surface area contributed by atoms with E-state index >= 15 is 0 Å². The minimum absolute atomic E-state index is 0.607. The average molecular weight is 197 g/mol.